The summed E-state index contributed by atoms with van der Waals surface area (Å²) in [6.45, 7) is 6.25. The summed E-state index contributed by atoms with van der Waals surface area (Å²) in [5, 5.41) is 8.78. The Hall–Kier alpha value is -1.32. The van der Waals surface area contributed by atoms with Gasteiger partial charge in [0.2, 0.25) is 0 Å². The fraction of sp³-hybridized carbons (Fsp3) is 0.421. The zero-order chi connectivity index (χ0) is 18.1. The van der Waals surface area contributed by atoms with Crippen LogP contribution in [0.25, 0.3) is 11.1 Å². The molecule has 0 radical (unpaired) electrons. The van der Waals surface area contributed by atoms with Crippen molar-refractivity contribution in [3.05, 3.63) is 40.6 Å². The van der Waals surface area contributed by atoms with Gasteiger partial charge in [-0.2, -0.15) is 0 Å². The lowest BCUT2D eigenvalue weighted by Crippen LogP contribution is -2.43. The highest BCUT2D eigenvalue weighted by Crippen LogP contribution is 2.27. The summed E-state index contributed by atoms with van der Waals surface area (Å²) in [7, 11) is 3.38. The molecule has 0 amide bonds. The standard InChI is InChI=1S/C19H27N3O2S.HI/c1-5-20-19(22-14(2)12-23-3)21-11-18-10-16(13-25-18)15-6-8-17(24-4)9-7-15;/h6-10,13-14H,5,11-12H2,1-4H3,(H2,20,21,22);1H. The largest absolute Gasteiger partial charge is 0.497 e. The first-order valence-corrected chi connectivity index (χ1v) is 9.29. The Bertz CT molecular complexity index is 674. The average molecular weight is 489 g/mol. The van der Waals surface area contributed by atoms with Gasteiger partial charge in [-0.15, -0.1) is 35.3 Å². The predicted molar refractivity (Wildman–Crippen MR) is 121 cm³/mol. The molecule has 2 rings (SSSR count). The van der Waals surface area contributed by atoms with Gasteiger partial charge in [0.15, 0.2) is 5.96 Å². The van der Waals surface area contributed by atoms with Crippen LogP contribution in [0, 0.1) is 0 Å². The summed E-state index contributed by atoms with van der Waals surface area (Å²) >= 11 is 1.72. The maximum absolute atomic E-state index is 5.21. The molecule has 0 aliphatic rings. The van der Waals surface area contributed by atoms with Crippen LogP contribution in [0.1, 0.15) is 18.7 Å². The maximum Gasteiger partial charge on any atom is 0.191 e. The van der Waals surface area contributed by atoms with Crippen LogP contribution in [-0.4, -0.2) is 39.4 Å². The van der Waals surface area contributed by atoms with E-state index >= 15 is 0 Å². The summed E-state index contributed by atoms with van der Waals surface area (Å²) in [6, 6.07) is 10.5. The van der Waals surface area contributed by atoms with Crippen LogP contribution in [0.3, 0.4) is 0 Å². The third-order valence-corrected chi connectivity index (χ3v) is 4.54. The molecule has 1 unspecified atom stereocenters. The molecule has 0 saturated carbocycles. The number of aliphatic imine (C=N–C) groups is 1. The van der Waals surface area contributed by atoms with Gasteiger partial charge in [-0.05, 0) is 48.6 Å². The minimum Gasteiger partial charge on any atom is -0.497 e. The second kappa shape index (κ2) is 12.1. The highest BCUT2D eigenvalue weighted by atomic mass is 127. The normalized spacial score (nSPS) is 12.2. The number of guanidine groups is 1. The summed E-state index contributed by atoms with van der Waals surface area (Å²) in [4.78, 5) is 5.89. The van der Waals surface area contributed by atoms with Gasteiger partial charge < -0.3 is 20.1 Å². The Kier molecular flexibility index (Phi) is 10.6. The lowest BCUT2D eigenvalue weighted by atomic mass is 10.1. The van der Waals surface area contributed by atoms with Gasteiger partial charge in [0.1, 0.15) is 5.75 Å². The monoisotopic (exact) mass is 489 g/mol. The van der Waals surface area contributed by atoms with E-state index in [1.165, 1.54) is 16.0 Å². The van der Waals surface area contributed by atoms with Crippen molar-refractivity contribution in [2.45, 2.75) is 26.4 Å². The second-order valence-corrected chi connectivity index (χ2v) is 6.72. The van der Waals surface area contributed by atoms with Gasteiger partial charge in [0.25, 0.3) is 0 Å². The number of hydrogen-bond acceptors (Lipinski definition) is 4. The van der Waals surface area contributed by atoms with Crippen LogP contribution in [0.4, 0.5) is 0 Å². The molecule has 2 aromatic rings. The zero-order valence-electron chi connectivity index (χ0n) is 15.7. The van der Waals surface area contributed by atoms with Crippen LogP contribution in [0.15, 0.2) is 40.7 Å². The second-order valence-electron chi connectivity index (χ2n) is 5.73. The van der Waals surface area contributed by atoms with E-state index in [1.807, 2.05) is 12.1 Å². The predicted octanol–water partition coefficient (Wildman–Crippen LogP) is 4.13. The fourth-order valence-corrected chi connectivity index (χ4v) is 3.22. The molecule has 1 atom stereocenters. The van der Waals surface area contributed by atoms with Crippen molar-refractivity contribution in [3.63, 3.8) is 0 Å². The van der Waals surface area contributed by atoms with Crippen LogP contribution < -0.4 is 15.4 Å². The molecule has 1 heterocycles. The molecule has 0 aliphatic carbocycles. The Morgan fingerprint density at radius 1 is 1.19 bits per heavy atom. The highest BCUT2D eigenvalue weighted by Gasteiger charge is 2.06. The number of thiophene rings is 1. The Morgan fingerprint density at radius 3 is 2.54 bits per heavy atom. The molecule has 1 aromatic carbocycles. The molecule has 26 heavy (non-hydrogen) atoms. The Labute approximate surface area is 177 Å². The Morgan fingerprint density at radius 2 is 1.92 bits per heavy atom. The highest BCUT2D eigenvalue weighted by molar-refractivity contribution is 14.0. The fourth-order valence-electron chi connectivity index (χ4n) is 2.40. The number of benzene rings is 1. The SMILES string of the molecule is CCNC(=NCc1cc(-c2ccc(OC)cc2)cs1)NC(C)COC.I. The number of hydrogen-bond donors (Lipinski definition) is 2. The molecule has 0 fully saturated rings. The quantitative estimate of drug-likeness (QED) is 0.333. The molecule has 0 bridgehead atoms. The molecule has 1 aromatic heterocycles. The molecular formula is C19H28IN3O2S. The van der Waals surface area contributed by atoms with Crippen LogP contribution in [-0.2, 0) is 11.3 Å². The van der Waals surface area contributed by atoms with Gasteiger partial charge in [-0.1, -0.05) is 12.1 Å². The van der Waals surface area contributed by atoms with E-state index < -0.39 is 0 Å². The van der Waals surface area contributed by atoms with Crippen molar-refractivity contribution in [1.29, 1.82) is 0 Å². The Balaban J connectivity index is 0.00000338. The van der Waals surface area contributed by atoms with E-state index in [2.05, 4.69) is 53.1 Å². The molecule has 5 nitrogen and oxygen atoms in total. The van der Waals surface area contributed by atoms with E-state index in [1.54, 1.807) is 25.6 Å². The molecule has 144 valence electrons. The number of nitrogens with one attached hydrogen (secondary N) is 2. The third-order valence-electron chi connectivity index (χ3n) is 3.61. The average Bonchev–Trinajstić information content (AvgIpc) is 3.09. The number of methoxy groups -OCH3 is 2. The van der Waals surface area contributed by atoms with E-state index in [0.29, 0.717) is 13.2 Å². The number of rotatable bonds is 8. The number of ether oxygens (including phenoxy) is 2. The molecule has 0 spiro atoms. The van der Waals surface area contributed by atoms with Crippen molar-refractivity contribution in [2.24, 2.45) is 4.99 Å². The first-order valence-electron chi connectivity index (χ1n) is 8.41. The van der Waals surface area contributed by atoms with Crippen molar-refractivity contribution in [2.75, 3.05) is 27.4 Å². The zero-order valence-corrected chi connectivity index (χ0v) is 18.9. The van der Waals surface area contributed by atoms with Gasteiger partial charge in [0.05, 0.1) is 20.3 Å². The number of nitrogens with zero attached hydrogens (tertiary/aromatic N) is 1. The molecule has 0 saturated heterocycles. The number of halogens is 1. The smallest absolute Gasteiger partial charge is 0.191 e. The van der Waals surface area contributed by atoms with E-state index in [9.17, 15) is 0 Å². The van der Waals surface area contributed by atoms with Crippen molar-refractivity contribution >= 4 is 41.3 Å². The van der Waals surface area contributed by atoms with Gasteiger partial charge in [-0.3, -0.25) is 0 Å². The van der Waals surface area contributed by atoms with E-state index in [4.69, 9.17) is 9.47 Å². The summed E-state index contributed by atoms with van der Waals surface area (Å²) in [5.74, 6) is 1.68. The molecule has 0 aliphatic heterocycles. The van der Waals surface area contributed by atoms with Crippen molar-refractivity contribution in [1.82, 2.24) is 10.6 Å². The van der Waals surface area contributed by atoms with Crippen LogP contribution in [0.2, 0.25) is 0 Å². The maximum atomic E-state index is 5.21. The van der Waals surface area contributed by atoms with Crippen LogP contribution in [0.5, 0.6) is 5.75 Å². The minimum absolute atomic E-state index is 0. The van der Waals surface area contributed by atoms with Crippen molar-refractivity contribution in [3.8, 4) is 16.9 Å². The van der Waals surface area contributed by atoms with Gasteiger partial charge in [0, 0.05) is 24.6 Å². The minimum atomic E-state index is 0. The first-order chi connectivity index (χ1) is 12.2. The van der Waals surface area contributed by atoms with Gasteiger partial charge >= 0.3 is 0 Å². The topological polar surface area (TPSA) is 54.9 Å². The van der Waals surface area contributed by atoms with Gasteiger partial charge in [-0.25, -0.2) is 4.99 Å². The third kappa shape index (κ3) is 7.13. The lowest BCUT2D eigenvalue weighted by Gasteiger charge is -2.16. The molecular weight excluding hydrogens is 461 g/mol. The summed E-state index contributed by atoms with van der Waals surface area (Å²) < 4.78 is 10.4. The summed E-state index contributed by atoms with van der Waals surface area (Å²) in [6.07, 6.45) is 0. The molecule has 2 N–H and O–H groups in total. The van der Waals surface area contributed by atoms with Crippen LogP contribution >= 0.6 is 35.3 Å². The van der Waals surface area contributed by atoms with E-state index in [-0.39, 0.29) is 30.0 Å². The molecule has 7 heteroatoms. The lowest BCUT2D eigenvalue weighted by molar-refractivity contribution is 0.179. The summed E-state index contributed by atoms with van der Waals surface area (Å²) in [5.41, 5.74) is 2.40. The van der Waals surface area contributed by atoms with Crippen molar-refractivity contribution < 1.29 is 9.47 Å². The van der Waals surface area contributed by atoms with E-state index in [0.717, 1.165) is 18.3 Å². The first kappa shape index (κ1) is 22.7.